The number of H-pyrrole nitrogens is 1. The van der Waals surface area contributed by atoms with Crippen LogP contribution < -0.4 is 5.73 Å². The molecule has 0 spiro atoms. The van der Waals surface area contributed by atoms with Crippen LogP contribution in [0.3, 0.4) is 0 Å². The van der Waals surface area contributed by atoms with E-state index >= 15 is 0 Å². The highest BCUT2D eigenvalue weighted by Gasteiger charge is 2.29. The van der Waals surface area contributed by atoms with Crippen molar-refractivity contribution in [3.63, 3.8) is 0 Å². The third-order valence-electron chi connectivity index (χ3n) is 2.52. The van der Waals surface area contributed by atoms with Gasteiger partial charge in [-0.15, -0.1) is 0 Å². The molecule has 0 aliphatic rings. The smallest absolute Gasteiger partial charge is 0.246 e. The molecular formula is C9H18N4O2S. The molecule has 1 heterocycles. The van der Waals surface area contributed by atoms with Crippen LogP contribution in [-0.2, 0) is 16.6 Å². The molecule has 0 aliphatic carbocycles. The summed E-state index contributed by atoms with van der Waals surface area (Å²) in [5.74, 6) is 0. The van der Waals surface area contributed by atoms with Crippen LogP contribution >= 0.6 is 0 Å². The number of sulfonamides is 1. The molecule has 0 radical (unpaired) electrons. The number of nitrogens with zero attached hydrogens (tertiary/aromatic N) is 2. The molecule has 0 aromatic carbocycles. The second-order valence-electron chi connectivity index (χ2n) is 3.94. The van der Waals surface area contributed by atoms with Gasteiger partial charge in [0.1, 0.15) is 4.90 Å². The van der Waals surface area contributed by atoms with Gasteiger partial charge in [-0.2, -0.15) is 9.40 Å². The number of hydrogen-bond donors (Lipinski definition) is 2. The summed E-state index contributed by atoms with van der Waals surface area (Å²) in [4.78, 5) is 0.200. The van der Waals surface area contributed by atoms with E-state index in [0.29, 0.717) is 11.4 Å². The van der Waals surface area contributed by atoms with Gasteiger partial charge in [0, 0.05) is 19.6 Å². The van der Waals surface area contributed by atoms with E-state index in [1.807, 2.05) is 13.8 Å². The van der Waals surface area contributed by atoms with Crippen molar-refractivity contribution in [2.24, 2.45) is 5.73 Å². The fraction of sp³-hybridized carbons (Fsp3) is 0.667. The topological polar surface area (TPSA) is 92.1 Å². The van der Waals surface area contributed by atoms with Crippen molar-refractivity contribution in [1.82, 2.24) is 14.5 Å². The zero-order valence-electron chi connectivity index (χ0n) is 9.98. The fourth-order valence-corrected chi connectivity index (χ4v) is 3.07. The summed E-state index contributed by atoms with van der Waals surface area (Å²) < 4.78 is 25.8. The number of hydrogen-bond acceptors (Lipinski definition) is 4. The predicted octanol–water partition coefficient (Wildman–Crippen LogP) is 0.206. The summed E-state index contributed by atoms with van der Waals surface area (Å²) in [6.45, 7) is 5.40. The van der Waals surface area contributed by atoms with Gasteiger partial charge in [-0.1, -0.05) is 0 Å². The van der Waals surface area contributed by atoms with Crippen LogP contribution in [0.25, 0.3) is 0 Å². The number of nitrogens with one attached hydrogen (secondary N) is 1. The van der Waals surface area contributed by atoms with Crippen molar-refractivity contribution in [1.29, 1.82) is 0 Å². The highest BCUT2D eigenvalue weighted by Crippen LogP contribution is 2.22. The standard InChI is InChI=1S/C9H18N4O2S/c1-6(2)13(4)16(14,15)9-7(3)11-12-8(9)5-10/h6H,5,10H2,1-4H3,(H,11,12). The van der Waals surface area contributed by atoms with E-state index in [0.717, 1.165) is 0 Å². The summed E-state index contributed by atoms with van der Waals surface area (Å²) in [6.07, 6.45) is 0. The van der Waals surface area contributed by atoms with E-state index in [4.69, 9.17) is 5.73 Å². The van der Waals surface area contributed by atoms with E-state index < -0.39 is 10.0 Å². The molecule has 1 rings (SSSR count). The van der Waals surface area contributed by atoms with Crippen LogP contribution in [0.15, 0.2) is 4.90 Å². The minimum absolute atomic E-state index is 0.102. The Bertz CT molecular complexity index is 464. The Labute approximate surface area is 95.9 Å². The van der Waals surface area contributed by atoms with Crippen molar-refractivity contribution in [3.8, 4) is 0 Å². The van der Waals surface area contributed by atoms with Gasteiger partial charge in [0.05, 0.1) is 11.4 Å². The van der Waals surface area contributed by atoms with Crippen molar-refractivity contribution < 1.29 is 8.42 Å². The van der Waals surface area contributed by atoms with Crippen LogP contribution in [-0.4, -0.2) is 36.0 Å². The van der Waals surface area contributed by atoms with Gasteiger partial charge in [-0.25, -0.2) is 8.42 Å². The molecule has 3 N–H and O–H groups in total. The average molecular weight is 246 g/mol. The lowest BCUT2D eigenvalue weighted by atomic mass is 10.4. The Morgan fingerprint density at radius 3 is 2.50 bits per heavy atom. The summed E-state index contributed by atoms with van der Waals surface area (Å²) >= 11 is 0. The summed E-state index contributed by atoms with van der Waals surface area (Å²) in [5, 5.41) is 6.54. The Hall–Kier alpha value is -0.920. The summed E-state index contributed by atoms with van der Waals surface area (Å²) in [5.41, 5.74) is 6.37. The van der Waals surface area contributed by atoms with E-state index in [1.165, 1.54) is 4.31 Å². The molecule has 0 aliphatic heterocycles. The van der Waals surface area contributed by atoms with Gasteiger partial charge in [-0.3, -0.25) is 5.10 Å². The molecule has 0 bridgehead atoms. The van der Waals surface area contributed by atoms with E-state index in [9.17, 15) is 8.42 Å². The molecule has 92 valence electrons. The van der Waals surface area contributed by atoms with Gasteiger partial charge >= 0.3 is 0 Å². The molecule has 1 aromatic rings. The Kier molecular flexibility index (Phi) is 3.72. The lowest BCUT2D eigenvalue weighted by Gasteiger charge is -2.21. The fourth-order valence-electron chi connectivity index (χ4n) is 1.37. The normalized spacial score (nSPS) is 12.7. The molecule has 0 amide bonds. The van der Waals surface area contributed by atoms with Gasteiger partial charge < -0.3 is 5.73 Å². The van der Waals surface area contributed by atoms with E-state index in [1.54, 1.807) is 14.0 Å². The molecule has 0 saturated heterocycles. The highest BCUT2D eigenvalue weighted by molar-refractivity contribution is 7.89. The first-order chi connectivity index (χ1) is 7.32. The maximum absolute atomic E-state index is 12.2. The number of aryl methyl sites for hydroxylation is 1. The molecule has 0 unspecified atom stereocenters. The second-order valence-corrected chi connectivity index (χ2v) is 5.88. The minimum atomic E-state index is -3.51. The number of aromatic nitrogens is 2. The van der Waals surface area contributed by atoms with Crippen molar-refractivity contribution in [3.05, 3.63) is 11.4 Å². The summed E-state index contributed by atoms with van der Waals surface area (Å²) in [7, 11) is -1.96. The third kappa shape index (κ3) is 2.11. The lowest BCUT2D eigenvalue weighted by molar-refractivity contribution is 0.410. The molecule has 0 saturated carbocycles. The largest absolute Gasteiger partial charge is 0.325 e. The molecule has 1 aromatic heterocycles. The molecule has 0 atom stereocenters. The van der Waals surface area contributed by atoms with Crippen molar-refractivity contribution in [2.45, 2.75) is 38.3 Å². The SMILES string of the molecule is Cc1[nH]nc(CN)c1S(=O)(=O)N(C)C(C)C. The average Bonchev–Trinajstić information content (AvgIpc) is 2.58. The lowest BCUT2D eigenvalue weighted by Crippen LogP contribution is -2.34. The Balaban J connectivity index is 3.32. The minimum Gasteiger partial charge on any atom is -0.325 e. The first-order valence-electron chi connectivity index (χ1n) is 5.04. The van der Waals surface area contributed by atoms with Crippen LogP contribution in [0.4, 0.5) is 0 Å². The quantitative estimate of drug-likeness (QED) is 0.794. The van der Waals surface area contributed by atoms with Gasteiger partial charge in [-0.05, 0) is 20.8 Å². The maximum atomic E-state index is 12.2. The zero-order chi connectivity index (χ0) is 12.5. The van der Waals surface area contributed by atoms with Crippen molar-refractivity contribution >= 4 is 10.0 Å². The second kappa shape index (κ2) is 4.52. The highest BCUT2D eigenvalue weighted by atomic mass is 32.2. The first-order valence-corrected chi connectivity index (χ1v) is 6.48. The Morgan fingerprint density at radius 2 is 2.06 bits per heavy atom. The number of rotatable bonds is 4. The van der Waals surface area contributed by atoms with Crippen LogP contribution in [0.2, 0.25) is 0 Å². The first kappa shape index (κ1) is 13.1. The van der Waals surface area contributed by atoms with Gasteiger partial charge in [0.2, 0.25) is 10.0 Å². The van der Waals surface area contributed by atoms with Crippen LogP contribution in [0.1, 0.15) is 25.2 Å². The summed E-state index contributed by atoms with van der Waals surface area (Å²) in [6, 6.07) is -0.107. The molecular weight excluding hydrogens is 228 g/mol. The number of nitrogens with two attached hydrogens (primary N) is 1. The maximum Gasteiger partial charge on any atom is 0.246 e. The van der Waals surface area contributed by atoms with E-state index in [2.05, 4.69) is 10.2 Å². The Morgan fingerprint density at radius 1 is 1.50 bits per heavy atom. The van der Waals surface area contributed by atoms with Gasteiger partial charge in [0.15, 0.2) is 0 Å². The predicted molar refractivity (Wildman–Crippen MR) is 61.3 cm³/mol. The molecule has 0 fully saturated rings. The number of aromatic amines is 1. The van der Waals surface area contributed by atoms with Crippen molar-refractivity contribution in [2.75, 3.05) is 7.05 Å². The van der Waals surface area contributed by atoms with Crippen LogP contribution in [0, 0.1) is 6.92 Å². The molecule has 16 heavy (non-hydrogen) atoms. The zero-order valence-corrected chi connectivity index (χ0v) is 10.8. The van der Waals surface area contributed by atoms with E-state index in [-0.39, 0.29) is 17.5 Å². The molecule has 6 nitrogen and oxygen atoms in total. The third-order valence-corrected chi connectivity index (χ3v) is 4.76. The van der Waals surface area contributed by atoms with Gasteiger partial charge in [0.25, 0.3) is 0 Å². The van der Waals surface area contributed by atoms with Crippen LogP contribution in [0.5, 0.6) is 0 Å². The monoisotopic (exact) mass is 246 g/mol. The molecule has 7 heteroatoms.